The Hall–Kier alpha value is -1.53. The predicted octanol–water partition coefficient (Wildman–Crippen LogP) is 0.846. The summed E-state index contributed by atoms with van der Waals surface area (Å²) in [5.74, 6) is -0.640. The van der Waals surface area contributed by atoms with E-state index in [1.54, 1.807) is 0 Å². The number of primary amides is 1. The van der Waals surface area contributed by atoms with Gasteiger partial charge in [0.25, 0.3) is 0 Å². The molecule has 0 unspecified atom stereocenters. The molecule has 0 aliphatic carbocycles. The number of aromatic amines is 1. The van der Waals surface area contributed by atoms with Gasteiger partial charge >= 0.3 is 6.18 Å². The standard InChI is InChI=1S/C7H8F3N3O/c8-7(9,10)6-4(3-12-13-6)1-2-5(11)14/h3H,1-2H2,(H2,11,14)(H,12,13). The molecular formula is C7H8F3N3O. The second-order valence-corrected chi connectivity index (χ2v) is 2.73. The van der Waals surface area contributed by atoms with E-state index in [-0.39, 0.29) is 18.4 Å². The zero-order valence-electron chi connectivity index (χ0n) is 7.06. The normalized spacial score (nSPS) is 11.6. The molecule has 0 aliphatic rings. The third kappa shape index (κ3) is 2.48. The largest absolute Gasteiger partial charge is 0.433 e. The first-order valence-corrected chi connectivity index (χ1v) is 3.79. The minimum Gasteiger partial charge on any atom is -0.370 e. The van der Waals surface area contributed by atoms with Crippen LogP contribution in [-0.4, -0.2) is 16.1 Å². The maximum absolute atomic E-state index is 12.2. The molecule has 7 heteroatoms. The molecule has 0 bridgehead atoms. The fourth-order valence-electron chi connectivity index (χ4n) is 1.00. The summed E-state index contributed by atoms with van der Waals surface area (Å²) in [6.45, 7) is 0. The van der Waals surface area contributed by atoms with Crippen LogP contribution >= 0.6 is 0 Å². The van der Waals surface area contributed by atoms with E-state index >= 15 is 0 Å². The molecule has 0 aliphatic heterocycles. The number of H-pyrrole nitrogens is 1. The molecule has 78 valence electrons. The lowest BCUT2D eigenvalue weighted by Gasteiger charge is -2.05. The molecular weight excluding hydrogens is 199 g/mol. The Balaban J connectivity index is 2.78. The second-order valence-electron chi connectivity index (χ2n) is 2.73. The average Bonchev–Trinajstić information content (AvgIpc) is 2.46. The molecule has 0 radical (unpaired) electrons. The molecule has 1 aromatic rings. The Labute approximate surface area is 77.3 Å². The molecule has 0 spiro atoms. The average molecular weight is 207 g/mol. The van der Waals surface area contributed by atoms with Gasteiger partial charge in [-0.2, -0.15) is 18.3 Å². The quantitative estimate of drug-likeness (QED) is 0.771. The molecule has 3 N–H and O–H groups in total. The minimum atomic E-state index is -4.47. The first kappa shape index (κ1) is 10.6. The lowest BCUT2D eigenvalue weighted by molar-refractivity contribution is -0.141. The van der Waals surface area contributed by atoms with Gasteiger partial charge in [0.05, 0.1) is 6.20 Å². The molecule has 0 saturated heterocycles. The molecule has 0 saturated carbocycles. The van der Waals surface area contributed by atoms with Crippen molar-refractivity contribution < 1.29 is 18.0 Å². The van der Waals surface area contributed by atoms with Crippen molar-refractivity contribution in [1.82, 2.24) is 10.2 Å². The van der Waals surface area contributed by atoms with Crippen LogP contribution in [0.4, 0.5) is 13.2 Å². The van der Waals surface area contributed by atoms with Crippen LogP contribution in [0.15, 0.2) is 6.20 Å². The van der Waals surface area contributed by atoms with Crippen LogP contribution in [0.3, 0.4) is 0 Å². The number of nitrogens with two attached hydrogens (primary N) is 1. The lowest BCUT2D eigenvalue weighted by atomic mass is 10.1. The van der Waals surface area contributed by atoms with Gasteiger partial charge in [-0.15, -0.1) is 0 Å². The van der Waals surface area contributed by atoms with E-state index in [0.717, 1.165) is 6.20 Å². The number of halogens is 3. The number of rotatable bonds is 3. The number of alkyl halides is 3. The van der Waals surface area contributed by atoms with Gasteiger partial charge in [0.2, 0.25) is 5.91 Å². The number of amides is 1. The third-order valence-corrected chi connectivity index (χ3v) is 1.64. The molecule has 1 rings (SSSR count). The number of hydrogen-bond donors (Lipinski definition) is 2. The van der Waals surface area contributed by atoms with Gasteiger partial charge in [0.1, 0.15) is 5.69 Å². The molecule has 1 amide bonds. The summed E-state index contributed by atoms with van der Waals surface area (Å²) in [4.78, 5) is 10.4. The van der Waals surface area contributed by atoms with Gasteiger partial charge in [0, 0.05) is 12.0 Å². The van der Waals surface area contributed by atoms with Crippen molar-refractivity contribution in [2.24, 2.45) is 5.73 Å². The van der Waals surface area contributed by atoms with Crippen LogP contribution in [0.25, 0.3) is 0 Å². The van der Waals surface area contributed by atoms with Crippen LogP contribution in [0, 0.1) is 0 Å². The molecule has 4 nitrogen and oxygen atoms in total. The Morgan fingerprint density at radius 2 is 2.21 bits per heavy atom. The summed E-state index contributed by atoms with van der Waals surface area (Å²) in [6.07, 6.45) is -3.60. The smallest absolute Gasteiger partial charge is 0.370 e. The number of hydrogen-bond acceptors (Lipinski definition) is 2. The highest BCUT2D eigenvalue weighted by Gasteiger charge is 2.35. The predicted molar refractivity (Wildman–Crippen MR) is 41.1 cm³/mol. The van der Waals surface area contributed by atoms with E-state index in [4.69, 9.17) is 5.73 Å². The fraction of sp³-hybridized carbons (Fsp3) is 0.429. The Morgan fingerprint density at radius 3 is 2.71 bits per heavy atom. The van der Waals surface area contributed by atoms with Crippen LogP contribution in [0.5, 0.6) is 0 Å². The lowest BCUT2D eigenvalue weighted by Crippen LogP contribution is -2.13. The number of nitrogens with one attached hydrogen (secondary N) is 1. The van der Waals surface area contributed by atoms with Gasteiger partial charge in [-0.1, -0.05) is 0 Å². The van der Waals surface area contributed by atoms with Crippen molar-refractivity contribution in [3.05, 3.63) is 17.5 Å². The molecule has 14 heavy (non-hydrogen) atoms. The number of nitrogens with zero attached hydrogens (tertiary/aromatic N) is 1. The van der Waals surface area contributed by atoms with Gasteiger partial charge in [-0.3, -0.25) is 9.89 Å². The highest BCUT2D eigenvalue weighted by Crippen LogP contribution is 2.30. The number of aromatic nitrogens is 2. The number of carbonyl (C=O) groups excluding carboxylic acids is 1. The van der Waals surface area contributed by atoms with Gasteiger partial charge in [0.15, 0.2) is 0 Å². The first-order chi connectivity index (χ1) is 6.41. The van der Waals surface area contributed by atoms with Gasteiger partial charge < -0.3 is 5.73 Å². The summed E-state index contributed by atoms with van der Waals surface area (Å²) < 4.78 is 36.7. The molecule has 0 aromatic carbocycles. The van der Waals surface area contributed by atoms with Gasteiger partial charge in [-0.05, 0) is 6.42 Å². The molecule has 1 heterocycles. The maximum atomic E-state index is 12.2. The van der Waals surface area contributed by atoms with E-state index in [9.17, 15) is 18.0 Å². The van der Waals surface area contributed by atoms with Crippen molar-refractivity contribution in [2.75, 3.05) is 0 Å². The van der Waals surface area contributed by atoms with E-state index in [0.29, 0.717) is 0 Å². The summed E-state index contributed by atoms with van der Waals surface area (Å²) in [7, 11) is 0. The highest BCUT2D eigenvalue weighted by molar-refractivity contribution is 5.74. The van der Waals surface area contributed by atoms with Crippen molar-refractivity contribution in [3.63, 3.8) is 0 Å². The van der Waals surface area contributed by atoms with E-state index in [1.807, 2.05) is 5.10 Å². The zero-order chi connectivity index (χ0) is 10.8. The second kappa shape index (κ2) is 3.69. The highest BCUT2D eigenvalue weighted by atomic mass is 19.4. The van der Waals surface area contributed by atoms with Crippen molar-refractivity contribution in [2.45, 2.75) is 19.0 Å². The summed E-state index contributed by atoms with van der Waals surface area (Å²) in [5, 5.41) is 5.11. The molecule has 0 atom stereocenters. The zero-order valence-corrected chi connectivity index (χ0v) is 7.06. The van der Waals surface area contributed by atoms with Crippen molar-refractivity contribution in [1.29, 1.82) is 0 Å². The SMILES string of the molecule is NC(=O)CCc1cn[nH]c1C(F)(F)F. The monoisotopic (exact) mass is 207 g/mol. The topological polar surface area (TPSA) is 71.8 Å². The van der Waals surface area contributed by atoms with Crippen LogP contribution in [0.1, 0.15) is 17.7 Å². The maximum Gasteiger partial charge on any atom is 0.433 e. The summed E-state index contributed by atoms with van der Waals surface area (Å²) in [5.41, 5.74) is 3.85. The molecule has 0 fully saturated rings. The Bertz CT molecular complexity index is 331. The Morgan fingerprint density at radius 1 is 1.57 bits per heavy atom. The van der Waals surface area contributed by atoms with Crippen LogP contribution in [0.2, 0.25) is 0 Å². The minimum absolute atomic E-state index is 0.0451. The first-order valence-electron chi connectivity index (χ1n) is 3.79. The fourth-order valence-corrected chi connectivity index (χ4v) is 1.00. The van der Waals surface area contributed by atoms with Crippen molar-refractivity contribution >= 4 is 5.91 Å². The van der Waals surface area contributed by atoms with E-state index < -0.39 is 17.8 Å². The van der Waals surface area contributed by atoms with Crippen LogP contribution in [-0.2, 0) is 17.4 Å². The van der Waals surface area contributed by atoms with Crippen molar-refractivity contribution in [3.8, 4) is 0 Å². The Kier molecular flexibility index (Phi) is 2.78. The third-order valence-electron chi connectivity index (χ3n) is 1.64. The summed E-state index contributed by atoms with van der Waals surface area (Å²) in [6, 6.07) is 0. The summed E-state index contributed by atoms with van der Waals surface area (Å²) >= 11 is 0. The van der Waals surface area contributed by atoms with Crippen LogP contribution < -0.4 is 5.73 Å². The molecule has 1 aromatic heterocycles. The van der Waals surface area contributed by atoms with E-state index in [2.05, 4.69) is 5.10 Å². The number of aryl methyl sites for hydroxylation is 1. The van der Waals surface area contributed by atoms with E-state index in [1.165, 1.54) is 0 Å². The van der Waals surface area contributed by atoms with Gasteiger partial charge in [-0.25, -0.2) is 0 Å². The number of carbonyl (C=O) groups is 1.